The lowest BCUT2D eigenvalue weighted by Gasteiger charge is -2.40. The van der Waals surface area contributed by atoms with Crippen molar-refractivity contribution < 1.29 is 52.6 Å². The van der Waals surface area contributed by atoms with Crippen LogP contribution in [0.3, 0.4) is 0 Å². The van der Waals surface area contributed by atoms with Crippen molar-refractivity contribution in [1.29, 1.82) is 0 Å². The summed E-state index contributed by atoms with van der Waals surface area (Å²) in [5, 5.41) is 11.3. The van der Waals surface area contributed by atoms with E-state index >= 15 is 0 Å². The van der Waals surface area contributed by atoms with Gasteiger partial charge in [-0.1, -0.05) is 82.6 Å². The third-order valence-corrected chi connectivity index (χ3v) is 14.5. The molecule has 1 aromatic rings. The Balaban J connectivity index is 1.50. The van der Waals surface area contributed by atoms with Crippen LogP contribution < -0.4 is 26.0 Å². The van der Waals surface area contributed by atoms with Crippen LogP contribution in [0.25, 0.3) is 0 Å². The van der Waals surface area contributed by atoms with Crippen LogP contribution >= 0.6 is 11.9 Å². The van der Waals surface area contributed by atoms with Gasteiger partial charge in [-0.2, -0.15) is 0 Å². The molecule has 19 nitrogen and oxygen atoms in total. The summed E-state index contributed by atoms with van der Waals surface area (Å²) in [5.74, 6) is -3.30. The first-order valence-electron chi connectivity index (χ1n) is 25.5. The second-order valence-corrected chi connectivity index (χ2v) is 22.7. The van der Waals surface area contributed by atoms with E-state index in [9.17, 15) is 38.4 Å². The fraction of sp³-hybridized carbons (Fsp3) is 0.698. The number of likely N-dealkylation sites (tertiary alicyclic amines) is 1. The molecule has 8 amide bonds. The number of amides is 8. The molecule has 0 bridgehead atoms. The van der Waals surface area contributed by atoms with Gasteiger partial charge in [0, 0.05) is 68.9 Å². The average Bonchev–Trinajstić information content (AvgIpc) is 3.94. The van der Waals surface area contributed by atoms with E-state index in [2.05, 4.69) is 39.8 Å². The molecule has 2 heterocycles. The molecule has 2 aliphatic rings. The van der Waals surface area contributed by atoms with Gasteiger partial charge in [-0.25, -0.2) is 0 Å². The van der Waals surface area contributed by atoms with Crippen molar-refractivity contribution in [1.82, 2.24) is 35.4 Å². The van der Waals surface area contributed by atoms with Gasteiger partial charge in [0.2, 0.25) is 35.4 Å². The first-order chi connectivity index (χ1) is 34.2. The van der Waals surface area contributed by atoms with Gasteiger partial charge in [0.1, 0.15) is 6.04 Å². The first kappa shape index (κ1) is 62.4. The zero-order valence-electron chi connectivity index (χ0n) is 46.0. The second kappa shape index (κ2) is 28.7. The predicted molar refractivity (Wildman–Crippen MR) is 282 cm³/mol. The molecule has 1 saturated heterocycles. The molecule has 73 heavy (non-hydrogen) atoms. The molecule has 0 radical (unpaired) electrons. The summed E-state index contributed by atoms with van der Waals surface area (Å²) in [6, 6.07) is 4.84. The molecule has 410 valence electrons. The Morgan fingerprint density at radius 3 is 1.99 bits per heavy atom. The third kappa shape index (κ3) is 18.5. The molecule has 0 spiro atoms. The van der Waals surface area contributed by atoms with Crippen LogP contribution in [0.5, 0.6) is 0 Å². The molecule has 0 aromatic heterocycles. The van der Waals surface area contributed by atoms with Crippen LogP contribution in [0.1, 0.15) is 108 Å². The summed E-state index contributed by atoms with van der Waals surface area (Å²) >= 11 is 1.11. The second-order valence-electron chi connectivity index (χ2n) is 21.8. The van der Waals surface area contributed by atoms with Gasteiger partial charge in [-0.15, -0.1) is 0 Å². The molecule has 1 fully saturated rings. The van der Waals surface area contributed by atoms with Crippen molar-refractivity contribution >= 4 is 64.9 Å². The molecule has 8 unspecified atom stereocenters. The number of rotatable bonds is 30. The number of carbonyl (C=O) groups excluding carboxylic acids is 8. The number of methoxy groups -OCH3 is 2. The predicted octanol–water partition coefficient (Wildman–Crippen LogP) is 4.55. The van der Waals surface area contributed by atoms with Crippen molar-refractivity contribution in [3.63, 3.8) is 0 Å². The normalized spacial score (nSPS) is 18.0. The zero-order valence-corrected chi connectivity index (χ0v) is 46.9. The molecular formula is C53H86N8O11S. The number of carbonyl (C=O) groups is 8. The highest BCUT2D eigenvalue weighted by Gasteiger charge is 2.43. The lowest BCUT2D eigenvalue weighted by molar-refractivity contribution is -0.146. The largest absolute Gasteiger partial charge is 0.380 e. The van der Waals surface area contributed by atoms with Gasteiger partial charge < -0.3 is 45.3 Å². The Kier molecular flexibility index (Phi) is 24.5. The van der Waals surface area contributed by atoms with E-state index < -0.39 is 46.8 Å². The smallest absolute Gasteiger partial charge is 0.253 e. The van der Waals surface area contributed by atoms with Crippen LogP contribution in [0.2, 0.25) is 0 Å². The van der Waals surface area contributed by atoms with E-state index in [4.69, 9.17) is 14.2 Å². The Bertz CT molecular complexity index is 2060. The molecule has 0 aliphatic carbocycles. The molecule has 5 N–H and O–H groups in total. The zero-order chi connectivity index (χ0) is 55.0. The van der Waals surface area contributed by atoms with E-state index in [0.717, 1.165) is 24.8 Å². The molecule has 20 heteroatoms. The lowest BCUT2D eigenvalue weighted by atomic mass is 9.89. The highest BCUT2D eigenvalue weighted by Crippen LogP contribution is 2.31. The third-order valence-electron chi connectivity index (χ3n) is 13.7. The first-order valence-corrected chi connectivity index (χ1v) is 26.4. The number of nitrogens with one attached hydrogen (secondary N) is 5. The maximum absolute atomic E-state index is 14.1. The van der Waals surface area contributed by atoms with Crippen LogP contribution in [-0.2, 0) is 52.6 Å². The van der Waals surface area contributed by atoms with Gasteiger partial charge in [-0.3, -0.25) is 48.0 Å². The van der Waals surface area contributed by atoms with Gasteiger partial charge in [0.15, 0.2) is 0 Å². The number of likely N-dealkylation sites (N-methyl/N-ethyl adjacent to an activating group) is 2. The maximum Gasteiger partial charge on any atom is 0.253 e. The van der Waals surface area contributed by atoms with Crippen molar-refractivity contribution in [2.75, 3.05) is 66.5 Å². The van der Waals surface area contributed by atoms with Crippen LogP contribution in [0.15, 0.2) is 41.3 Å². The highest BCUT2D eigenvalue weighted by molar-refractivity contribution is 7.98. The molecule has 2 aliphatic heterocycles. The van der Waals surface area contributed by atoms with Gasteiger partial charge in [0.05, 0.1) is 62.4 Å². The Hall–Kier alpha value is -4.89. The minimum atomic E-state index is -0.901. The maximum atomic E-state index is 14.1. The van der Waals surface area contributed by atoms with Gasteiger partial charge in [0.25, 0.3) is 11.8 Å². The van der Waals surface area contributed by atoms with E-state index in [1.807, 2.05) is 41.5 Å². The van der Waals surface area contributed by atoms with Gasteiger partial charge >= 0.3 is 0 Å². The molecule has 3 rings (SSSR count). The Morgan fingerprint density at radius 2 is 1.44 bits per heavy atom. The number of hydrogen-bond acceptors (Lipinski definition) is 13. The van der Waals surface area contributed by atoms with E-state index in [0.29, 0.717) is 23.5 Å². The fourth-order valence-electron chi connectivity index (χ4n) is 9.47. The summed E-state index contributed by atoms with van der Waals surface area (Å²) in [7, 11) is 6.68. The van der Waals surface area contributed by atoms with E-state index in [-0.39, 0.29) is 110 Å². The molecular weight excluding hydrogens is 957 g/mol. The lowest BCUT2D eigenvalue weighted by Crippen LogP contribution is -2.56. The average molecular weight is 1040 g/mol. The van der Waals surface area contributed by atoms with Gasteiger partial charge in [-0.05, 0) is 79.3 Å². The minimum absolute atomic E-state index is 0.0525. The summed E-state index contributed by atoms with van der Waals surface area (Å²) in [6.07, 6.45) is 3.67. The summed E-state index contributed by atoms with van der Waals surface area (Å²) in [6.45, 7) is 21.8. The Morgan fingerprint density at radius 1 is 0.836 bits per heavy atom. The number of benzene rings is 1. The SMILES string of the molecule is CCC(C)C(C(CC(=O)N1CCCC1C(OC)C(C)C(=O)NSc1ccc(NC(=O)CNC(=O)C(NC(=O)CC(C)(C)COCC(C)(C)CN2C(=O)C=CC2=O)C(C)C)cc1)OC)N(C)C(=O)C(NC)C(C)C. The van der Waals surface area contributed by atoms with Crippen LogP contribution in [-0.4, -0.2) is 159 Å². The van der Waals surface area contributed by atoms with Crippen LogP contribution in [0, 0.1) is 34.5 Å². The van der Waals surface area contributed by atoms with Crippen LogP contribution in [0.4, 0.5) is 5.69 Å². The van der Waals surface area contributed by atoms with Crippen molar-refractivity contribution in [2.24, 2.45) is 34.5 Å². The molecule has 8 atom stereocenters. The van der Waals surface area contributed by atoms with Crippen molar-refractivity contribution in [2.45, 2.75) is 150 Å². The monoisotopic (exact) mass is 1040 g/mol. The fourth-order valence-corrected chi connectivity index (χ4v) is 10.1. The van der Waals surface area contributed by atoms with Crippen molar-refractivity contribution in [3.05, 3.63) is 36.4 Å². The number of anilines is 1. The Labute approximate surface area is 438 Å². The van der Waals surface area contributed by atoms with E-state index in [1.165, 1.54) is 17.1 Å². The highest BCUT2D eigenvalue weighted by atomic mass is 32.2. The molecule has 0 saturated carbocycles. The molecule has 1 aromatic carbocycles. The number of ether oxygens (including phenoxy) is 3. The van der Waals surface area contributed by atoms with E-state index in [1.54, 1.807) is 83.2 Å². The quantitative estimate of drug-likeness (QED) is 0.0527. The summed E-state index contributed by atoms with van der Waals surface area (Å²) < 4.78 is 20.8. The standard InChI is InChI=1S/C53H86N8O11S/c1-16-34(6)47(59(13)51(69)46(54-12)33(4)5)39(70-14)26-44(66)60-25-17-18-38(60)48(71-15)35(7)49(67)58-73-37-21-19-36(20-22-37)56-41(63)28-55-50(68)45(32(2)3)57-40(62)27-52(8,9)30-72-31-53(10,11)29-61-42(64)23-24-43(61)65/h19-24,32-35,38-39,45-48,54H,16-18,25-31H2,1-15H3,(H,55,68)(H,56,63)(H,57,62)(H,58,67). The van der Waals surface area contributed by atoms with Crippen molar-refractivity contribution in [3.8, 4) is 0 Å². The summed E-state index contributed by atoms with van der Waals surface area (Å²) in [4.78, 5) is 110. The number of hydrogen-bond donors (Lipinski definition) is 5. The summed E-state index contributed by atoms with van der Waals surface area (Å²) in [5.41, 5.74) is -0.660. The minimum Gasteiger partial charge on any atom is -0.380 e. The number of nitrogens with zero attached hydrogens (tertiary/aromatic N) is 3. The topological polar surface area (TPSA) is 234 Å². The number of imide groups is 1.